The van der Waals surface area contributed by atoms with Crippen LogP contribution >= 0.6 is 0 Å². The lowest BCUT2D eigenvalue weighted by molar-refractivity contribution is 1.18. The normalized spacial score (nSPS) is 9.89. The van der Waals surface area contributed by atoms with Crippen molar-refractivity contribution in [2.45, 2.75) is 19.8 Å². The number of hydrogen-bond donors (Lipinski definition) is 0. The summed E-state index contributed by atoms with van der Waals surface area (Å²) in [5, 5.41) is 0. The lowest BCUT2D eigenvalue weighted by Gasteiger charge is -1.88. The molecule has 0 bridgehead atoms. The van der Waals surface area contributed by atoms with E-state index in [0.29, 0.717) is 0 Å². The molecule has 0 heteroatoms. The summed E-state index contributed by atoms with van der Waals surface area (Å²) in [6.45, 7) is 9.50. The van der Waals surface area contributed by atoms with Gasteiger partial charge in [-0.2, -0.15) is 0 Å². The molecule has 0 atom stereocenters. The van der Waals surface area contributed by atoms with Crippen LogP contribution in [0.25, 0.3) is 0 Å². The molecule has 0 nitrogen and oxygen atoms in total. The predicted octanol–water partition coefficient (Wildman–Crippen LogP) is 3.08. The van der Waals surface area contributed by atoms with Gasteiger partial charge in [0.25, 0.3) is 0 Å². The Balaban J connectivity index is 3.37. The van der Waals surface area contributed by atoms with Crippen LogP contribution in [-0.4, -0.2) is 0 Å². The van der Waals surface area contributed by atoms with Crippen molar-refractivity contribution in [1.82, 2.24) is 0 Å². The summed E-state index contributed by atoms with van der Waals surface area (Å²) in [7, 11) is 0. The minimum absolute atomic E-state index is 0.942. The van der Waals surface area contributed by atoms with Gasteiger partial charge >= 0.3 is 0 Å². The van der Waals surface area contributed by atoms with Gasteiger partial charge in [-0.25, -0.2) is 0 Å². The van der Waals surface area contributed by atoms with E-state index in [-0.39, 0.29) is 0 Å². The van der Waals surface area contributed by atoms with Crippen molar-refractivity contribution in [2.24, 2.45) is 0 Å². The van der Waals surface area contributed by atoms with Crippen LogP contribution in [0, 0.1) is 0 Å². The average Bonchev–Trinajstić information content (AvgIpc) is 1.89. The van der Waals surface area contributed by atoms with Crippen LogP contribution in [0.5, 0.6) is 0 Å². The third kappa shape index (κ3) is 5.09. The largest absolute Gasteiger partial charge is 0.0988 e. The molecule has 0 saturated carbocycles. The van der Waals surface area contributed by atoms with E-state index in [1.165, 1.54) is 0 Å². The Labute approximate surface area is 57.6 Å². The van der Waals surface area contributed by atoms with Crippen molar-refractivity contribution >= 4 is 0 Å². The summed E-state index contributed by atoms with van der Waals surface area (Å²) in [6.07, 6.45) is 8.08. The molecule has 0 heterocycles. The van der Waals surface area contributed by atoms with Crippen molar-refractivity contribution in [3.8, 4) is 0 Å². The molecular weight excluding hydrogens is 108 g/mol. The number of allylic oxidation sites excluding steroid dienone is 4. The summed E-state index contributed by atoms with van der Waals surface area (Å²) in [6, 6.07) is 0. The Morgan fingerprint density at radius 1 is 1.44 bits per heavy atom. The zero-order valence-corrected chi connectivity index (χ0v) is 6.06. The van der Waals surface area contributed by atoms with Crippen molar-refractivity contribution in [2.75, 3.05) is 0 Å². The smallest absolute Gasteiger partial charge is 0.0104 e. The van der Waals surface area contributed by atoms with Crippen molar-refractivity contribution < 1.29 is 0 Å². The molecule has 0 saturated heterocycles. The van der Waals surface area contributed by atoms with Crippen LogP contribution in [0.3, 0.4) is 0 Å². The highest BCUT2D eigenvalue weighted by Gasteiger charge is 1.78. The van der Waals surface area contributed by atoms with Crippen LogP contribution in [0.15, 0.2) is 37.0 Å². The third-order valence-corrected chi connectivity index (χ3v) is 1.07. The first-order valence-corrected chi connectivity index (χ1v) is 3.26. The number of rotatable bonds is 4. The molecule has 0 spiro atoms. The fraction of sp³-hybridized carbons (Fsp3) is 0.333. The molecule has 0 aromatic rings. The molecule has 0 aromatic heterocycles. The van der Waals surface area contributed by atoms with Gasteiger partial charge in [0.1, 0.15) is 0 Å². The molecule has 0 fully saturated rings. The maximum Gasteiger partial charge on any atom is -0.0104 e. The second kappa shape index (κ2) is 5.36. The Morgan fingerprint density at radius 2 is 2.11 bits per heavy atom. The summed E-state index contributed by atoms with van der Waals surface area (Å²) >= 11 is 0. The van der Waals surface area contributed by atoms with Crippen molar-refractivity contribution in [3.05, 3.63) is 37.0 Å². The van der Waals surface area contributed by atoms with E-state index in [0.717, 1.165) is 18.4 Å². The van der Waals surface area contributed by atoms with Gasteiger partial charge in [-0.05, 0) is 12.8 Å². The lowest BCUT2D eigenvalue weighted by Crippen LogP contribution is -1.68. The predicted molar refractivity (Wildman–Crippen MR) is 43.4 cm³/mol. The van der Waals surface area contributed by atoms with Crippen LogP contribution in [-0.2, 0) is 0 Å². The minimum Gasteiger partial charge on any atom is -0.0988 e. The zero-order valence-electron chi connectivity index (χ0n) is 6.06. The summed E-state index contributed by atoms with van der Waals surface area (Å²) < 4.78 is 0. The van der Waals surface area contributed by atoms with Crippen LogP contribution < -0.4 is 0 Å². The molecule has 0 radical (unpaired) electrons. The zero-order chi connectivity index (χ0) is 7.11. The van der Waals surface area contributed by atoms with Gasteiger partial charge in [0.2, 0.25) is 0 Å². The molecule has 0 N–H and O–H groups in total. The lowest BCUT2D eigenvalue weighted by atomic mass is 10.2. The minimum atomic E-state index is 0.942. The Bertz CT molecular complexity index is 118. The maximum atomic E-state index is 3.78. The van der Waals surface area contributed by atoms with Crippen LogP contribution in [0.4, 0.5) is 0 Å². The van der Waals surface area contributed by atoms with Gasteiger partial charge in [-0.3, -0.25) is 0 Å². The fourth-order valence-electron chi connectivity index (χ4n) is 0.485. The first-order valence-electron chi connectivity index (χ1n) is 3.26. The average molecular weight is 122 g/mol. The maximum absolute atomic E-state index is 3.78. The van der Waals surface area contributed by atoms with E-state index in [9.17, 15) is 0 Å². The highest BCUT2D eigenvalue weighted by Crippen LogP contribution is 1.99. The van der Waals surface area contributed by atoms with Gasteiger partial charge in [0.05, 0.1) is 0 Å². The van der Waals surface area contributed by atoms with Gasteiger partial charge in [0, 0.05) is 0 Å². The van der Waals surface area contributed by atoms with Gasteiger partial charge in [-0.1, -0.05) is 43.9 Å². The summed E-state index contributed by atoms with van der Waals surface area (Å²) in [4.78, 5) is 0. The topological polar surface area (TPSA) is 0 Å². The Hall–Kier alpha value is -0.780. The van der Waals surface area contributed by atoms with Crippen molar-refractivity contribution in [1.29, 1.82) is 0 Å². The van der Waals surface area contributed by atoms with Gasteiger partial charge in [0.15, 0.2) is 0 Å². The molecular formula is C9H14. The molecule has 0 amide bonds. The van der Waals surface area contributed by atoms with E-state index >= 15 is 0 Å². The molecule has 0 unspecified atom stereocenters. The first kappa shape index (κ1) is 8.22. The van der Waals surface area contributed by atoms with Gasteiger partial charge in [-0.15, -0.1) is 0 Å². The Kier molecular flexibility index (Phi) is 4.89. The standard InChI is InChI=1S/C9H14/c1-4-6-7-8-9(3)5-2/h5-7H,2-4,8H2,1H3/b7-6-. The quantitative estimate of drug-likeness (QED) is 0.397. The van der Waals surface area contributed by atoms with Crippen molar-refractivity contribution in [3.63, 3.8) is 0 Å². The molecule has 0 aliphatic carbocycles. The van der Waals surface area contributed by atoms with Crippen LogP contribution in [0.1, 0.15) is 19.8 Å². The SMILES string of the molecule is C=CC(=C)C/C=C\CC. The molecule has 50 valence electrons. The van der Waals surface area contributed by atoms with E-state index in [1.54, 1.807) is 6.08 Å². The van der Waals surface area contributed by atoms with Gasteiger partial charge < -0.3 is 0 Å². The molecule has 0 aliphatic heterocycles. The third-order valence-electron chi connectivity index (χ3n) is 1.07. The second-order valence-corrected chi connectivity index (χ2v) is 1.95. The van der Waals surface area contributed by atoms with Crippen LogP contribution in [0.2, 0.25) is 0 Å². The van der Waals surface area contributed by atoms with E-state index in [4.69, 9.17) is 0 Å². The van der Waals surface area contributed by atoms with E-state index in [1.807, 2.05) is 0 Å². The molecule has 0 aliphatic rings. The Morgan fingerprint density at radius 3 is 2.56 bits per heavy atom. The summed E-state index contributed by atoms with van der Waals surface area (Å²) in [5.74, 6) is 0. The highest BCUT2D eigenvalue weighted by atomic mass is 13.8. The second-order valence-electron chi connectivity index (χ2n) is 1.95. The van der Waals surface area contributed by atoms with E-state index < -0.39 is 0 Å². The molecule has 0 aromatic carbocycles. The van der Waals surface area contributed by atoms with E-state index in [2.05, 4.69) is 32.2 Å². The first-order chi connectivity index (χ1) is 4.31. The summed E-state index contributed by atoms with van der Waals surface area (Å²) in [5.41, 5.74) is 1.08. The number of hydrogen-bond acceptors (Lipinski definition) is 0. The molecule has 9 heavy (non-hydrogen) atoms. The fourth-order valence-corrected chi connectivity index (χ4v) is 0.485. The monoisotopic (exact) mass is 122 g/mol. The highest BCUT2D eigenvalue weighted by molar-refractivity contribution is 5.14. The molecule has 0 rings (SSSR count).